The molecule has 0 heterocycles. The summed E-state index contributed by atoms with van der Waals surface area (Å²) in [5.41, 5.74) is 2.69. The van der Waals surface area contributed by atoms with E-state index >= 15 is 0 Å². The van der Waals surface area contributed by atoms with Gasteiger partial charge in [0.2, 0.25) is 0 Å². The Morgan fingerprint density at radius 2 is 0.833 bits per heavy atom. The fourth-order valence-corrected chi connectivity index (χ4v) is 8.15. The second-order valence-corrected chi connectivity index (χ2v) is 13.3. The molecule has 4 heteroatoms. The zero-order valence-corrected chi connectivity index (χ0v) is 23.4. The second-order valence-electron chi connectivity index (χ2n) is 7.66. The minimum atomic E-state index is -1.42. The van der Waals surface area contributed by atoms with Gasteiger partial charge >= 0.3 is 27.6 Å². The molecule has 1 fully saturated rings. The summed E-state index contributed by atoms with van der Waals surface area (Å²) in [5, 5.41) is 1.77. The van der Waals surface area contributed by atoms with Crippen molar-refractivity contribution in [3.63, 3.8) is 0 Å². The fourth-order valence-electron chi connectivity index (χ4n) is 3.39. The molecule has 0 atom stereocenters. The summed E-state index contributed by atoms with van der Waals surface area (Å²) in [7, 11) is -1.16. The molecule has 1 saturated carbocycles. The van der Waals surface area contributed by atoms with E-state index in [0.717, 1.165) is 27.6 Å². The van der Waals surface area contributed by atoms with Gasteiger partial charge in [0.25, 0.3) is 0 Å². The molecule has 3 rings (SSSR count). The van der Waals surface area contributed by atoms with Crippen LogP contribution in [0.5, 0.6) is 0 Å². The van der Waals surface area contributed by atoms with Crippen molar-refractivity contribution < 1.29 is 24.4 Å². The van der Waals surface area contributed by atoms with Crippen molar-refractivity contribution in [2.24, 2.45) is 0 Å². The third-order valence-corrected chi connectivity index (χ3v) is 9.44. The first-order chi connectivity index (χ1) is 13.8. The van der Waals surface area contributed by atoms with E-state index in [1.54, 1.807) is 0 Å². The van der Waals surface area contributed by atoms with Gasteiger partial charge in [-0.1, -0.05) is 90.4 Å². The Kier molecular flexibility index (Phi) is 17.0. The Bertz CT molecular complexity index is 600. The molecule has 0 amide bonds. The third-order valence-electron chi connectivity index (χ3n) is 4.33. The van der Waals surface area contributed by atoms with E-state index in [2.05, 4.69) is 41.5 Å². The molecular weight excluding hydrogens is 580 g/mol. The second kappa shape index (κ2) is 17.2. The van der Waals surface area contributed by atoms with E-state index in [0.29, 0.717) is 0 Å². The van der Waals surface area contributed by atoms with Crippen LogP contribution in [-0.2, 0) is 24.4 Å². The minimum absolute atomic E-state index is 0. The van der Waals surface area contributed by atoms with Crippen molar-refractivity contribution in [3.05, 3.63) is 92.8 Å². The summed E-state index contributed by atoms with van der Waals surface area (Å²) in [5.74, 6) is 0. The van der Waals surface area contributed by atoms with Gasteiger partial charge in [0.05, 0.1) is 0 Å². The molecule has 30 heavy (non-hydrogen) atoms. The van der Waals surface area contributed by atoms with Crippen molar-refractivity contribution >= 4 is 26.3 Å². The molecule has 1 nitrogen and oxygen atoms in total. The van der Waals surface area contributed by atoms with Gasteiger partial charge in [-0.15, -0.1) is 0 Å². The van der Waals surface area contributed by atoms with Crippen LogP contribution in [0.2, 0.25) is 0 Å². The Morgan fingerprint density at radius 3 is 1.03 bits per heavy atom. The Labute approximate surface area is 201 Å². The predicted octanol–water partition coefficient (Wildman–Crippen LogP) is 7.18. The molecular formula is C26H36OOsP2+2. The average molecular weight is 617 g/mol. The SMILES string of the molecule is CC(C)P(C(C)C)C(C)C.O=[P+](c1ccccc1)c1ccccc1.[CH]1[CH][CH][CH][CH]1.[Os+]. The van der Waals surface area contributed by atoms with Crippen molar-refractivity contribution in [1.82, 2.24) is 0 Å². The van der Waals surface area contributed by atoms with Gasteiger partial charge in [-0.3, -0.25) is 0 Å². The molecule has 0 unspecified atom stereocenters. The van der Waals surface area contributed by atoms with Crippen LogP contribution in [0, 0.1) is 32.1 Å². The van der Waals surface area contributed by atoms with Gasteiger partial charge in [0.15, 0.2) is 10.6 Å². The molecule has 0 aromatic heterocycles. The van der Waals surface area contributed by atoms with E-state index in [4.69, 9.17) is 0 Å². The molecule has 0 aliphatic heterocycles. The smallest absolute Gasteiger partial charge is 0.0988 e. The van der Waals surface area contributed by atoms with Crippen molar-refractivity contribution in [2.75, 3.05) is 0 Å². The number of hydrogen-bond acceptors (Lipinski definition) is 1. The Morgan fingerprint density at radius 1 is 0.567 bits per heavy atom. The van der Waals surface area contributed by atoms with Gasteiger partial charge in [-0.2, -0.15) is 0 Å². The maximum atomic E-state index is 12.0. The van der Waals surface area contributed by atoms with Crippen LogP contribution >= 0.6 is 15.7 Å². The molecule has 0 bridgehead atoms. The molecule has 0 N–H and O–H groups in total. The summed E-state index contributed by atoms with van der Waals surface area (Å²) in [6.45, 7) is 14.1. The van der Waals surface area contributed by atoms with Crippen molar-refractivity contribution in [3.8, 4) is 0 Å². The molecule has 1 aliphatic carbocycles. The summed E-state index contributed by atoms with van der Waals surface area (Å²) >= 11 is 0. The molecule has 0 spiro atoms. The summed E-state index contributed by atoms with van der Waals surface area (Å²) < 4.78 is 12.0. The molecule has 162 valence electrons. The van der Waals surface area contributed by atoms with Gasteiger partial charge in [0.1, 0.15) is 0 Å². The molecule has 1 aliphatic rings. The molecule has 2 aromatic carbocycles. The standard InChI is InChI=1S/C12H10OP.C9H21P.C5H5.Os/c13-14(11-7-3-1-4-8-11)12-9-5-2-6-10-12;1-7(2)10(8(3)4)9(5)6;1-2-4-5-3-1;/h1-10H;7-9H,1-6H3;1-5H;/q+1;;;+1. The van der Waals surface area contributed by atoms with Crippen LogP contribution in [0.15, 0.2) is 60.7 Å². The molecule has 6 radical (unpaired) electrons. The van der Waals surface area contributed by atoms with Crippen LogP contribution in [0.4, 0.5) is 0 Å². The van der Waals surface area contributed by atoms with Gasteiger partial charge < -0.3 is 0 Å². The van der Waals surface area contributed by atoms with E-state index in [-0.39, 0.29) is 27.7 Å². The molecule has 2 aromatic rings. The summed E-state index contributed by atoms with van der Waals surface area (Å²) in [4.78, 5) is 0. The molecule has 0 saturated heterocycles. The first-order valence-electron chi connectivity index (χ1n) is 10.4. The summed E-state index contributed by atoms with van der Waals surface area (Å²) in [6, 6.07) is 19.1. The van der Waals surface area contributed by atoms with Crippen LogP contribution in [0.1, 0.15) is 41.5 Å². The van der Waals surface area contributed by atoms with Gasteiger partial charge in [-0.05, 0) is 73.3 Å². The van der Waals surface area contributed by atoms with Crippen molar-refractivity contribution in [1.29, 1.82) is 0 Å². The minimum Gasteiger partial charge on any atom is -0.0988 e. The first-order valence-corrected chi connectivity index (χ1v) is 13.2. The third kappa shape index (κ3) is 11.9. The van der Waals surface area contributed by atoms with Crippen LogP contribution in [0.25, 0.3) is 0 Å². The normalized spacial score (nSPS) is 12.7. The zero-order chi connectivity index (χ0) is 21.6. The van der Waals surface area contributed by atoms with Crippen LogP contribution in [0.3, 0.4) is 0 Å². The van der Waals surface area contributed by atoms with E-state index < -0.39 is 7.80 Å². The van der Waals surface area contributed by atoms with Gasteiger partial charge in [-0.25, -0.2) is 0 Å². The van der Waals surface area contributed by atoms with Crippen LogP contribution in [-0.4, -0.2) is 17.0 Å². The number of rotatable bonds is 5. The quantitative estimate of drug-likeness (QED) is 0.326. The number of benzene rings is 2. The monoisotopic (exact) mass is 618 g/mol. The average Bonchev–Trinajstić information content (AvgIpc) is 3.28. The maximum absolute atomic E-state index is 12.0. The summed E-state index contributed by atoms with van der Waals surface area (Å²) in [6.07, 6.45) is 10.0. The Hall–Kier alpha value is -0.394. The maximum Gasteiger partial charge on any atom is 1.00 e. The predicted molar refractivity (Wildman–Crippen MR) is 134 cm³/mol. The van der Waals surface area contributed by atoms with Crippen LogP contribution < -0.4 is 10.6 Å². The van der Waals surface area contributed by atoms with E-state index in [1.165, 1.54) is 0 Å². The first kappa shape index (κ1) is 29.6. The van der Waals surface area contributed by atoms with Crippen molar-refractivity contribution in [2.45, 2.75) is 58.5 Å². The number of hydrogen-bond donors (Lipinski definition) is 0. The van der Waals surface area contributed by atoms with Gasteiger partial charge in [0, 0.05) is 0 Å². The Balaban J connectivity index is 0.000000460. The largest absolute Gasteiger partial charge is 1.00 e. The van der Waals surface area contributed by atoms with E-state index in [1.807, 2.05) is 92.8 Å². The zero-order valence-electron chi connectivity index (χ0n) is 19.0. The van der Waals surface area contributed by atoms with E-state index in [9.17, 15) is 4.57 Å². The fraction of sp³-hybridized carbons (Fsp3) is 0.346. The topological polar surface area (TPSA) is 17.1 Å².